The Balaban J connectivity index is 1.45. The molecule has 3 heterocycles. The Hall–Kier alpha value is -2.58. The molecule has 1 aliphatic heterocycles. The summed E-state index contributed by atoms with van der Waals surface area (Å²) in [5.74, 6) is 1.53. The summed E-state index contributed by atoms with van der Waals surface area (Å²) in [6.45, 7) is 6.22. The van der Waals surface area contributed by atoms with Gasteiger partial charge in [0.05, 0.1) is 18.8 Å². The maximum absolute atomic E-state index is 12.7. The van der Waals surface area contributed by atoms with Crippen molar-refractivity contribution in [2.45, 2.75) is 32.0 Å². The molecule has 0 spiro atoms. The predicted octanol–water partition coefficient (Wildman–Crippen LogP) is 3.31. The maximum atomic E-state index is 12.7. The number of furan rings is 1. The van der Waals surface area contributed by atoms with Gasteiger partial charge in [0, 0.05) is 5.56 Å². The fourth-order valence-corrected chi connectivity index (χ4v) is 4.32. The quantitative estimate of drug-likeness (QED) is 0.667. The lowest BCUT2D eigenvalue weighted by Crippen LogP contribution is -2.55. The summed E-state index contributed by atoms with van der Waals surface area (Å²) in [5.41, 5.74) is 2.66. The Bertz CT molecular complexity index is 1080. The third kappa shape index (κ3) is 3.26. The van der Waals surface area contributed by atoms with Crippen LogP contribution in [0.25, 0.3) is 11.5 Å². The van der Waals surface area contributed by atoms with E-state index in [1.54, 1.807) is 6.07 Å². The molecule has 142 valence electrons. The number of ether oxygens (including phenoxy) is 1. The van der Waals surface area contributed by atoms with E-state index in [0.717, 1.165) is 22.6 Å². The molecule has 3 aromatic rings. The summed E-state index contributed by atoms with van der Waals surface area (Å²) in [4.78, 5) is 0. The van der Waals surface area contributed by atoms with E-state index in [1.165, 1.54) is 10.4 Å². The van der Waals surface area contributed by atoms with Crippen molar-refractivity contribution in [2.24, 2.45) is 0 Å². The first-order valence-electron chi connectivity index (χ1n) is 8.61. The summed E-state index contributed by atoms with van der Waals surface area (Å²) in [6, 6.07) is 10.7. The van der Waals surface area contributed by atoms with Crippen molar-refractivity contribution >= 4 is 10.0 Å². The summed E-state index contributed by atoms with van der Waals surface area (Å²) in [5, 5.41) is 3.76. The van der Waals surface area contributed by atoms with Crippen molar-refractivity contribution < 1.29 is 22.1 Å². The molecule has 1 fully saturated rings. The number of hydrogen-bond donors (Lipinski definition) is 0. The molecule has 2 aromatic heterocycles. The highest BCUT2D eigenvalue weighted by Crippen LogP contribution is 2.31. The van der Waals surface area contributed by atoms with Gasteiger partial charge in [-0.2, -0.15) is 4.31 Å². The summed E-state index contributed by atoms with van der Waals surface area (Å²) >= 11 is 0. The number of hydrogen-bond acceptors (Lipinski definition) is 6. The van der Waals surface area contributed by atoms with E-state index in [4.69, 9.17) is 13.7 Å². The van der Waals surface area contributed by atoms with Gasteiger partial charge in [0.25, 0.3) is 10.0 Å². The number of aryl methyl sites for hydroxylation is 2. The van der Waals surface area contributed by atoms with Crippen molar-refractivity contribution in [3.63, 3.8) is 0 Å². The monoisotopic (exact) mass is 388 g/mol. The molecule has 0 aliphatic carbocycles. The van der Waals surface area contributed by atoms with Crippen LogP contribution in [-0.4, -0.2) is 37.1 Å². The van der Waals surface area contributed by atoms with Gasteiger partial charge in [-0.1, -0.05) is 17.3 Å². The second-order valence-corrected chi connectivity index (χ2v) is 8.59. The highest BCUT2D eigenvalue weighted by molar-refractivity contribution is 7.89. The Morgan fingerprint density at radius 2 is 1.93 bits per heavy atom. The first-order chi connectivity index (χ1) is 12.8. The molecule has 0 N–H and O–H groups in total. The van der Waals surface area contributed by atoms with Crippen molar-refractivity contribution in [3.05, 3.63) is 53.2 Å². The lowest BCUT2D eigenvalue weighted by atomic mass is 10.2. The van der Waals surface area contributed by atoms with Gasteiger partial charge < -0.3 is 13.7 Å². The molecule has 8 heteroatoms. The van der Waals surface area contributed by atoms with Gasteiger partial charge in [0.15, 0.2) is 5.76 Å². The SMILES string of the molecule is Cc1cccc(OC2CN(S(=O)(=O)c3ccc(-c4onc(C)c4C)o3)C2)c1. The van der Waals surface area contributed by atoms with Gasteiger partial charge >= 0.3 is 0 Å². The molecular weight excluding hydrogens is 368 g/mol. The van der Waals surface area contributed by atoms with Crippen LogP contribution in [0.1, 0.15) is 16.8 Å². The largest absolute Gasteiger partial charge is 0.488 e. The van der Waals surface area contributed by atoms with Crippen LogP contribution >= 0.6 is 0 Å². The van der Waals surface area contributed by atoms with Crippen LogP contribution in [0.3, 0.4) is 0 Å². The van der Waals surface area contributed by atoms with Crippen molar-refractivity contribution in [2.75, 3.05) is 13.1 Å². The van der Waals surface area contributed by atoms with Crippen LogP contribution in [0.4, 0.5) is 0 Å². The first kappa shape index (κ1) is 17.8. The van der Waals surface area contributed by atoms with Gasteiger partial charge in [-0.05, 0) is 50.6 Å². The highest BCUT2D eigenvalue weighted by atomic mass is 32.2. The van der Waals surface area contributed by atoms with Gasteiger partial charge in [0.1, 0.15) is 11.9 Å². The summed E-state index contributed by atoms with van der Waals surface area (Å²) in [7, 11) is -3.70. The van der Waals surface area contributed by atoms with Crippen LogP contribution in [0.5, 0.6) is 5.75 Å². The predicted molar refractivity (Wildman–Crippen MR) is 98.0 cm³/mol. The summed E-state index contributed by atoms with van der Waals surface area (Å²) < 4.78 is 43.4. The van der Waals surface area contributed by atoms with E-state index in [-0.39, 0.29) is 24.3 Å². The van der Waals surface area contributed by atoms with E-state index >= 15 is 0 Å². The topological polar surface area (TPSA) is 85.8 Å². The smallest absolute Gasteiger partial charge is 0.276 e. The summed E-state index contributed by atoms with van der Waals surface area (Å²) in [6.07, 6.45) is -0.171. The molecule has 27 heavy (non-hydrogen) atoms. The molecule has 1 aromatic carbocycles. The van der Waals surface area contributed by atoms with E-state index in [0.29, 0.717) is 11.5 Å². The highest BCUT2D eigenvalue weighted by Gasteiger charge is 2.40. The van der Waals surface area contributed by atoms with Gasteiger partial charge in [-0.15, -0.1) is 0 Å². The number of sulfonamides is 1. The van der Waals surface area contributed by atoms with Crippen LogP contribution < -0.4 is 4.74 Å². The lowest BCUT2D eigenvalue weighted by molar-refractivity contribution is 0.0751. The van der Waals surface area contributed by atoms with E-state index < -0.39 is 10.0 Å². The fourth-order valence-electron chi connectivity index (χ4n) is 2.91. The minimum Gasteiger partial charge on any atom is -0.488 e. The van der Waals surface area contributed by atoms with Gasteiger partial charge in [-0.25, -0.2) is 8.42 Å². The molecule has 7 nitrogen and oxygen atoms in total. The van der Waals surface area contributed by atoms with Crippen LogP contribution in [0.15, 0.2) is 50.4 Å². The molecule has 4 rings (SSSR count). The second kappa shape index (κ2) is 6.54. The fraction of sp³-hybridized carbons (Fsp3) is 0.316. The van der Waals surface area contributed by atoms with Gasteiger partial charge in [0.2, 0.25) is 10.9 Å². The Morgan fingerprint density at radius 1 is 1.15 bits per heavy atom. The number of benzene rings is 1. The van der Waals surface area contributed by atoms with E-state index in [1.807, 2.05) is 45.0 Å². The van der Waals surface area contributed by atoms with Crippen molar-refractivity contribution in [1.29, 1.82) is 0 Å². The molecular formula is C19H20N2O5S. The van der Waals surface area contributed by atoms with Crippen LogP contribution in [0, 0.1) is 20.8 Å². The molecule has 1 aliphatic rings. The Kier molecular flexibility index (Phi) is 4.32. The Labute approximate surface area is 157 Å². The van der Waals surface area contributed by atoms with E-state index in [2.05, 4.69) is 5.16 Å². The molecule has 0 saturated carbocycles. The molecule has 0 bridgehead atoms. The van der Waals surface area contributed by atoms with Crippen molar-refractivity contribution in [1.82, 2.24) is 9.46 Å². The zero-order chi connectivity index (χ0) is 19.2. The zero-order valence-corrected chi connectivity index (χ0v) is 16.1. The molecule has 0 amide bonds. The minimum absolute atomic E-state index is 0.111. The molecule has 0 unspecified atom stereocenters. The average molecular weight is 388 g/mol. The number of aromatic nitrogens is 1. The normalized spacial score (nSPS) is 15.7. The van der Waals surface area contributed by atoms with Crippen LogP contribution in [-0.2, 0) is 10.0 Å². The standard InChI is InChI=1S/C19H20N2O5S/c1-12-5-4-6-15(9-12)24-16-10-21(11-16)27(22,23)18-8-7-17(25-18)19-13(2)14(3)20-26-19/h4-9,16H,10-11H2,1-3H3. The zero-order valence-electron chi connectivity index (χ0n) is 15.3. The third-order valence-corrected chi connectivity index (χ3v) is 6.37. The van der Waals surface area contributed by atoms with Crippen molar-refractivity contribution in [3.8, 4) is 17.3 Å². The Morgan fingerprint density at radius 3 is 2.59 bits per heavy atom. The molecule has 1 saturated heterocycles. The third-order valence-electron chi connectivity index (χ3n) is 4.66. The minimum atomic E-state index is -3.70. The van der Waals surface area contributed by atoms with Gasteiger partial charge in [-0.3, -0.25) is 0 Å². The first-order valence-corrected chi connectivity index (χ1v) is 10.0. The second-order valence-electron chi connectivity index (χ2n) is 6.72. The van der Waals surface area contributed by atoms with E-state index in [9.17, 15) is 8.42 Å². The molecule has 0 radical (unpaired) electrons. The number of nitrogens with zero attached hydrogens (tertiary/aromatic N) is 2. The van der Waals surface area contributed by atoms with Crippen LogP contribution in [0.2, 0.25) is 0 Å². The molecule has 0 atom stereocenters. The maximum Gasteiger partial charge on any atom is 0.276 e. The average Bonchev–Trinajstić information content (AvgIpc) is 3.19. The lowest BCUT2D eigenvalue weighted by Gasteiger charge is -2.37. The number of rotatable bonds is 5.